The number of alkyl halides is 3. The van der Waals surface area contributed by atoms with Gasteiger partial charge in [-0.15, -0.1) is 12.4 Å². The molecule has 2 rings (SSSR count). The molecule has 1 aromatic rings. The van der Waals surface area contributed by atoms with Crippen molar-refractivity contribution >= 4 is 18.3 Å². The number of rotatable bonds is 7. The predicted octanol–water partition coefficient (Wildman–Crippen LogP) is 3.66. The van der Waals surface area contributed by atoms with Crippen LogP contribution in [0.4, 0.5) is 13.2 Å². The summed E-state index contributed by atoms with van der Waals surface area (Å²) in [5.74, 6) is -0.0431. The Balaban J connectivity index is 0.00000288. The van der Waals surface area contributed by atoms with Crippen molar-refractivity contribution in [3.63, 3.8) is 0 Å². The zero-order valence-corrected chi connectivity index (χ0v) is 14.5. The van der Waals surface area contributed by atoms with Crippen molar-refractivity contribution < 1.29 is 18.0 Å². The van der Waals surface area contributed by atoms with Gasteiger partial charge in [0.1, 0.15) is 0 Å². The summed E-state index contributed by atoms with van der Waals surface area (Å²) in [4.78, 5) is 11.8. The Morgan fingerprint density at radius 3 is 2.54 bits per heavy atom. The Morgan fingerprint density at radius 1 is 1.29 bits per heavy atom. The van der Waals surface area contributed by atoms with Crippen molar-refractivity contribution in [2.45, 2.75) is 43.7 Å². The van der Waals surface area contributed by atoms with Crippen molar-refractivity contribution in [1.82, 2.24) is 10.6 Å². The van der Waals surface area contributed by atoms with Crippen LogP contribution in [0, 0.1) is 0 Å². The van der Waals surface area contributed by atoms with Gasteiger partial charge in [0.2, 0.25) is 5.91 Å². The summed E-state index contributed by atoms with van der Waals surface area (Å²) in [5.41, 5.74) is -0.296. The van der Waals surface area contributed by atoms with Crippen molar-refractivity contribution in [1.29, 1.82) is 0 Å². The largest absolute Gasteiger partial charge is 0.416 e. The molecule has 24 heavy (non-hydrogen) atoms. The lowest BCUT2D eigenvalue weighted by atomic mass is 9.64. The van der Waals surface area contributed by atoms with Crippen LogP contribution in [-0.4, -0.2) is 26.0 Å². The van der Waals surface area contributed by atoms with Crippen LogP contribution in [0.3, 0.4) is 0 Å². The molecule has 1 saturated carbocycles. The van der Waals surface area contributed by atoms with Gasteiger partial charge in [-0.3, -0.25) is 4.79 Å². The summed E-state index contributed by atoms with van der Waals surface area (Å²) in [7, 11) is 1.83. The van der Waals surface area contributed by atoms with Crippen molar-refractivity contribution in [2.24, 2.45) is 0 Å². The van der Waals surface area contributed by atoms with E-state index in [2.05, 4.69) is 10.6 Å². The monoisotopic (exact) mass is 364 g/mol. The summed E-state index contributed by atoms with van der Waals surface area (Å²) in [6, 6.07) is 5.51. The molecule has 3 nitrogen and oxygen atoms in total. The molecule has 0 spiro atoms. The first-order valence-electron chi connectivity index (χ1n) is 7.96. The van der Waals surface area contributed by atoms with Crippen LogP contribution < -0.4 is 10.6 Å². The van der Waals surface area contributed by atoms with Gasteiger partial charge in [-0.2, -0.15) is 13.2 Å². The number of carbonyl (C=O) groups is 1. The number of nitrogens with one attached hydrogen (secondary N) is 2. The highest BCUT2D eigenvalue weighted by Crippen LogP contribution is 2.44. The molecule has 0 radical (unpaired) electrons. The lowest BCUT2D eigenvalue weighted by Crippen LogP contribution is -2.45. The van der Waals surface area contributed by atoms with Gasteiger partial charge in [-0.05, 0) is 44.5 Å². The SMILES string of the molecule is CNCCCC(=O)NCC1(c2cccc(C(F)(F)F)c2)CCC1.Cl. The summed E-state index contributed by atoms with van der Waals surface area (Å²) in [6.45, 7) is 1.18. The van der Waals surface area contributed by atoms with Gasteiger partial charge in [-0.25, -0.2) is 0 Å². The van der Waals surface area contributed by atoms with E-state index in [0.717, 1.165) is 38.3 Å². The van der Waals surface area contributed by atoms with E-state index in [0.29, 0.717) is 18.5 Å². The zero-order valence-electron chi connectivity index (χ0n) is 13.7. The normalized spacial score (nSPS) is 16.0. The first-order valence-corrected chi connectivity index (χ1v) is 7.96. The van der Waals surface area contributed by atoms with Crippen LogP contribution in [-0.2, 0) is 16.4 Å². The Hall–Kier alpha value is -1.27. The molecule has 0 atom stereocenters. The maximum absolute atomic E-state index is 12.9. The minimum absolute atomic E-state index is 0. The Morgan fingerprint density at radius 2 is 2.00 bits per heavy atom. The minimum Gasteiger partial charge on any atom is -0.355 e. The molecule has 1 amide bonds. The highest BCUT2D eigenvalue weighted by molar-refractivity contribution is 5.85. The molecule has 2 N–H and O–H groups in total. The summed E-state index contributed by atoms with van der Waals surface area (Å²) >= 11 is 0. The van der Waals surface area contributed by atoms with E-state index >= 15 is 0 Å². The lowest BCUT2D eigenvalue weighted by molar-refractivity contribution is -0.137. The third kappa shape index (κ3) is 5.11. The number of benzene rings is 1. The Bertz CT molecular complexity index is 545. The van der Waals surface area contributed by atoms with E-state index in [1.54, 1.807) is 6.07 Å². The fraction of sp³-hybridized carbons (Fsp3) is 0.588. The Kier molecular flexibility index (Phi) is 7.55. The number of hydrogen-bond acceptors (Lipinski definition) is 2. The average Bonchev–Trinajstić information content (AvgIpc) is 2.46. The molecular formula is C17H24ClF3N2O. The van der Waals surface area contributed by atoms with Gasteiger partial charge in [0, 0.05) is 18.4 Å². The van der Waals surface area contributed by atoms with E-state index in [9.17, 15) is 18.0 Å². The topological polar surface area (TPSA) is 41.1 Å². The first-order chi connectivity index (χ1) is 10.9. The van der Waals surface area contributed by atoms with Crippen LogP contribution in [0.1, 0.15) is 43.2 Å². The summed E-state index contributed by atoms with van der Waals surface area (Å²) in [6.07, 6.45) is -0.558. The molecule has 0 heterocycles. The van der Waals surface area contributed by atoms with Gasteiger partial charge >= 0.3 is 6.18 Å². The van der Waals surface area contributed by atoms with Crippen LogP contribution in [0.2, 0.25) is 0 Å². The molecule has 0 bridgehead atoms. The maximum atomic E-state index is 12.9. The molecule has 0 aromatic heterocycles. The molecule has 1 aliphatic rings. The third-order valence-corrected chi connectivity index (χ3v) is 4.57. The summed E-state index contributed by atoms with van der Waals surface area (Å²) < 4.78 is 38.7. The minimum atomic E-state index is -4.34. The summed E-state index contributed by atoms with van der Waals surface area (Å²) in [5, 5.41) is 5.87. The molecule has 1 fully saturated rings. The van der Waals surface area contributed by atoms with Crippen molar-refractivity contribution in [3.8, 4) is 0 Å². The predicted molar refractivity (Wildman–Crippen MR) is 90.4 cm³/mol. The van der Waals surface area contributed by atoms with Crippen molar-refractivity contribution in [2.75, 3.05) is 20.1 Å². The van der Waals surface area contributed by atoms with E-state index in [-0.39, 0.29) is 23.7 Å². The Labute approximate surface area is 146 Å². The van der Waals surface area contributed by atoms with E-state index in [4.69, 9.17) is 0 Å². The first kappa shape index (κ1) is 20.8. The molecule has 0 saturated heterocycles. The smallest absolute Gasteiger partial charge is 0.355 e. The standard InChI is InChI=1S/C17H23F3N2O.ClH/c1-21-10-3-7-15(23)22-12-16(8-4-9-16)13-5-2-6-14(11-13)17(18,19)20;/h2,5-6,11,21H,3-4,7-10,12H2,1H3,(H,22,23);1H. The van der Waals surface area contributed by atoms with Gasteiger partial charge in [0.15, 0.2) is 0 Å². The molecule has 136 valence electrons. The fourth-order valence-corrected chi connectivity index (χ4v) is 2.98. The molecule has 1 aromatic carbocycles. The molecule has 1 aliphatic carbocycles. The maximum Gasteiger partial charge on any atom is 0.416 e. The molecule has 0 aliphatic heterocycles. The second kappa shape index (κ2) is 8.72. The van der Waals surface area contributed by atoms with E-state index in [1.807, 2.05) is 7.05 Å². The van der Waals surface area contributed by atoms with E-state index < -0.39 is 11.7 Å². The van der Waals surface area contributed by atoms with Crippen LogP contribution >= 0.6 is 12.4 Å². The van der Waals surface area contributed by atoms with Gasteiger partial charge in [0.25, 0.3) is 0 Å². The fourth-order valence-electron chi connectivity index (χ4n) is 2.98. The van der Waals surface area contributed by atoms with Crippen LogP contribution in [0.25, 0.3) is 0 Å². The van der Waals surface area contributed by atoms with E-state index in [1.165, 1.54) is 12.1 Å². The average molecular weight is 365 g/mol. The van der Waals surface area contributed by atoms with Crippen LogP contribution in [0.5, 0.6) is 0 Å². The number of carbonyl (C=O) groups excluding carboxylic acids is 1. The number of amides is 1. The highest BCUT2D eigenvalue weighted by Gasteiger charge is 2.40. The second-order valence-electron chi connectivity index (χ2n) is 6.20. The van der Waals surface area contributed by atoms with Crippen molar-refractivity contribution in [3.05, 3.63) is 35.4 Å². The zero-order chi connectivity index (χ0) is 16.9. The van der Waals surface area contributed by atoms with Gasteiger partial charge in [0.05, 0.1) is 5.56 Å². The number of halogens is 4. The van der Waals surface area contributed by atoms with Gasteiger partial charge in [-0.1, -0.05) is 24.6 Å². The van der Waals surface area contributed by atoms with Gasteiger partial charge < -0.3 is 10.6 Å². The number of hydrogen-bond donors (Lipinski definition) is 2. The molecule has 7 heteroatoms. The molecule has 0 unspecified atom stereocenters. The third-order valence-electron chi connectivity index (χ3n) is 4.57. The highest BCUT2D eigenvalue weighted by atomic mass is 35.5. The lowest BCUT2D eigenvalue weighted by Gasteiger charge is -2.43. The second-order valence-corrected chi connectivity index (χ2v) is 6.20. The van der Waals surface area contributed by atoms with Crippen LogP contribution in [0.15, 0.2) is 24.3 Å². The molecular weight excluding hydrogens is 341 g/mol. The quantitative estimate of drug-likeness (QED) is 0.725.